The second-order valence-electron chi connectivity index (χ2n) is 9.44. The van der Waals surface area contributed by atoms with Crippen LogP contribution in [0.2, 0.25) is 0 Å². The average molecular weight is 460 g/mol. The molecule has 2 aliphatic heterocycles. The van der Waals surface area contributed by atoms with Crippen LogP contribution in [0.5, 0.6) is 5.75 Å². The lowest BCUT2D eigenvalue weighted by Gasteiger charge is -2.35. The number of benzene rings is 2. The lowest BCUT2D eigenvalue weighted by molar-refractivity contribution is -0.122. The maximum Gasteiger partial charge on any atom is 0.220 e. The number of carbonyl (C=O) groups is 1. The summed E-state index contributed by atoms with van der Waals surface area (Å²) in [6.07, 6.45) is 5.21. The van der Waals surface area contributed by atoms with E-state index in [2.05, 4.69) is 27.3 Å². The molecule has 34 heavy (non-hydrogen) atoms. The van der Waals surface area contributed by atoms with E-state index in [1.54, 1.807) is 6.20 Å². The SMILES string of the molecule is O=C1CCCC[C@]2(CN(Cc3cccc(OCc4ccccn4)c3)C[C@H]2c2ccc(F)cc2)N1. The summed E-state index contributed by atoms with van der Waals surface area (Å²) in [6, 6.07) is 20.7. The number of ether oxygens (including phenoxy) is 1. The van der Waals surface area contributed by atoms with Crippen molar-refractivity contribution < 1.29 is 13.9 Å². The van der Waals surface area contributed by atoms with E-state index in [0.29, 0.717) is 13.0 Å². The van der Waals surface area contributed by atoms with Crippen LogP contribution in [0, 0.1) is 5.82 Å². The molecule has 0 saturated carbocycles. The fourth-order valence-electron chi connectivity index (χ4n) is 5.39. The summed E-state index contributed by atoms with van der Waals surface area (Å²) in [7, 11) is 0. The van der Waals surface area contributed by atoms with Gasteiger partial charge in [0.2, 0.25) is 5.91 Å². The normalized spacial score (nSPS) is 23.0. The zero-order valence-electron chi connectivity index (χ0n) is 19.3. The van der Waals surface area contributed by atoms with Gasteiger partial charge in [0.1, 0.15) is 18.2 Å². The molecule has 0 radical (unpaired) electrons. The van der Waals surface area contributed by atoms with Crippen molar-refractivity contribution in [1.82, 2.24) is 15.2 Å². The highest BCUT2D eigenvalue weighted by Gasteiger charge is 2.48. The minimum atomic E-state index is -0.321. The molecule has 176 valence electrons. The van der Waals surface area contributed by atoms with Gasteiger partial charge in [0.15, 0.2) is 0 Å². The van der Waals surface area contributed by atoms with E-state index >= 15 is 0 Å². The molecule has 3 aromatic rings. The fourth-order valence-corrected chi connectivity index (χ4v) is 5.39. The first-order valence-electron chi connectivity index (χ1n) is 12.0. The number of carbonyl (C=O) groups excluding carboxylic acids is 1. The van der Waals surface area contributed by atoms with Crippen molar-refractivity contribution in [2.75, 3.05) is 13.1 Å². The van der Waals surface area contributed by atoms with Gasteiger partial charge in [-0.3, -0.25) is 14.7 Å². The van der Waals surface area contributed by atoms with Crippen molar-refractivity contribution in [2.45, 2.75) is 50.3 Å². The third-order valence-corrected chi connectivity index (χ3v) is 6.97. The molecule has 1 spiro atoms. The molecule has 1 amide bonds. The number of pyridine rings is 1. The van der Waals surface area contributed by atoms with Gasteiger partial charge in [-0.1, -0.05) is 36.8 Å². The van der Waals surface area contributed by atoms with E-state index < -0.39 is 0 Å². The van der Waals surface area contributed by atoms with E-state index in [1.165, 1.54) is 12.1 Å². The van der Waals surface area contributed by atoms with Crippen LogP contribution in [0.4, 0.5) is 4.39 Å². The molecular weight excluding hydrogens is 429 g/mol. The highest BCUT2D eigenvalue weighted by atomic mass is 19.1. The quantitative estimate of drug-likeness (QED) is 0.574. The van der Waals surface area contributed by atoms with Crippen molar-refractivity contribution in [2.24, 2.45) is 0 Å². The molecule has 6 heteroatoms. The zero-order valence-corrected chi connectivity index (χ0v) is 19.3. The van der Waals surface area contributed by atoms with Crippen LogP contribution < -0.4 is 10.1 Å². The second-order valence-corrected chi connectivity index (χ2v) is 9.44. The molecule has 2 aliphatic rings. The van der Waals surface area contributed by atoms with E-state index in [-0.39, 0.29) is 23.2 Å². The Kier molecular flexibility index (Phi) is 6.59. The highest BCUT2D eigenvalue weighted by molar-refractivity contribution is 5.77. The maximum absolute atomic E-state index is 13.6. The Labute approximate surface area is 200 Å². The van der Waals surface area contributed by atoms with E-state index in [0.717, 1.165) is 61.5 Å². The van der Waals surface area contributed by atoms with Crippen LogP contribution in [0.25, 0.3) is 0 Å². The Bertz CT molecular complexity index is 1120. The van der Waals surface area contributed by atoms with Crippen LogP contribution in [0.15, 0.2) is 72.9 Å². The van der Waals surface area contributed by atoms with Crippen molar-refractivity contribution in [3.8, 4) is 5.75 Å². The standard InChI is InChI=1S/C28H30FN3O2/c29-23-12-10-22(11-13-23)26-18-32(20-28(26)14-3-1-9-27(33)31-28)17-21-6-5-8-25(16-21)34-19-24-7-2-4-15-30-24/h2,4-8,10-13,15-16,26H,1,3,9,14,17-20H2,(H,31,33)/t26-,28+/m0/s1. The first-order valence-corrected chi connectivity index (χ1v) is 12.0. The van der Waals surface area contributed by atoms with E-state index in [4.69, 9.17) is 4.74 Å². The number of likely N-dealkylation sites (tertiary alicyclic amines) is 1. The first-order chi connectivity index (χ1) is 16.6. The molecule has 2 fully saturated rings. The first kappa shape index (κ1) is 22.5. The van der Waals surface area contributed by atoms with Crippen molar-refractivity contribution in [3.05, 3.63) is 95.6 Å². The molecule has 5 rings (SSSR count). The summed E-state index contributed by atoms with van der Waals surface area (Å²) in [6.45, 7) is 2.77. The molecule has 0 unspecified atom stereocenters. The fraction of sp³-hybridized carbons (Fsp3) is 0.357. The lowest BCUT2D eigenvalue weighted by Crippen LogP contribution is -2.52. The third kappa shape index (κ3) is 5.12. The smallest absolute Gasteiger partial charge is 0.220 e. The van der Waals surface area contributed by atoms with Gasteiger partial charge in [0, 0.05) is 38.2 Å². The van der Waals surface area contributed by atoms with Crippen LogP contribution >= 0.6 is 0 Å². The monoisotopic (exact) mass is 459 g/mol. The Morgan fingerprint density at radius 2 is 1.97 bits per heavy atom. The molecule has 0 aliphatic carbocycles. The number of nitrogens with one attached hydrogen (secondary N) is 1. The Hall–Kier alpha value is -3.25. The minimum absolute atomic E-state index is 0.122. The molecule has 0 bridgehead atoms. The number of hydrogen-bond acceptors (Lipinski definition) is 4. The van der Waals surface area contributed by atoms with E-state index in [1.807, 2.05) is 42.5 Å². The topological polar surface area (TPSA) is 54.5 Å². The number of hydrogen-bond donors (Lipinski definition) is 1. The lowest BCUT2D eigenvalue weighted by atomic mass is 9.79. The predicted octanol–water partition coefficient (Wildman–Crippen LogP) is 4.83. The summed E-state index contributed by atoms with van der Waals surface area (Å²) in [5.41, 5.74) is 2.81. The molecule has 3 heterocycles. The third-order valence-electron chi connectivity index (χ3n) is 6.97. The van der Waals surface area contributed by atoms with Crippen molar-refractivity contribution >= 4 is 5.91 Å². The van der Waals surface area contributed by atoms with E-state index in [9.17, 15) is 9.18 Å². The average Bonchev–Trinajstić information content (AvgIpc) is 3.07. The molecule has 5 nitrogen and oxygen atoms in total. The summed E-state index contributed by atoms with van der Waals surface area (Å²) in [4.78, 5) is 19.3. The van der Waals surface area contributed by atoms with Gasteiger partial charge in [-0.15, -0.1) is 0 Å². The van der Waals surface area contributed by atoms with Crippen molar-refractivity contribution in [1.29, 1.82) is 0 Å². The van der Waals surface area contributed by atoms with Gasteiger partial charge in [-0.2, -0.15) is 0 Å². The maximum atomic E-state index is 13.6. The Morgan fingerprint density at radius 1 is 1.09 bits per heavy atom. The van der Waals surface area contributed by atoms with Crippen LogP contribution in [-0.4, -0.2) is 34.4 Å². The summed E-state index contributed by atoms with van der Waals surface area (Å²) < 4.78 is 19.6. The number of rotatable bonds is 6. The Morgan fingerprint density at radius 3 is 2.79 bits per heavy atom. The number of halogens is 1. The van der Waals surface area contributed by atoms with Crippen LogP contribution in [0.3, 0.4) is 0 Å². The summed E-state index contributed by atoms with van der Waals surface area (Å²) >= 11 is 0. The molecule has 1 aromatic heterocycles. The van der Waals surface area contributed by atoms with Gasteiger partial charge in [-0.05, 0) is 60.4 Å². The zero-order chi connectivity index (χ0) is 23.4. The predicted molar refractivity (Wildman–Crippen MR) is 129 cm³/mol. The number of nitrogens with zero attached hydrogens (tertiary/aromatic N) is 2. The van der Waals surface area contributed by atoms with Gasteiger partial charge in [0.25, 0.3) is 0 Å². The highest BCUT2D eigenvalue weighted by Crippen LogP contribution is 2.41. The van der Waals surface area contributed by atoms with Crippen LogP contribution in [0.1, 0.15) is 48.4 Å². The van der Waals surface area contributed by atoms with Gasteiger partial charge < -0.3 is 10.1 Å². The molecule has 2 aromatic carbocycles. The molecule has 1 N–H and O–H groups in total. The van der Waals surface area contributed by atoms with Gasteiger partial charge >= 0.3 is 0 Å². The van der Waals surface area contributed by atoms with Gasteiger partial charge in [-0.25, -0.2) is 4.39 Å². The largest absolute Gasteiger partial charge is 0.487 e. The van der Waals surface area contributed by atoms with Crippen molar-refractivity contribution in [3.63, 3.8) is 0 Å². The summed E-state index contributed by atoms with van der Waals surface area (Å²) in [5.74, 6) is 0.824. The summed E-state index contributed by atoms with van der Waals surface area (Å²) in [5, 5.41) is 3.38. The number of aromatic nitrogens is 1. The Balaban J connectivity index is 1.33. The van der Waals surface area contributed by atoms with Crippen LogP contribution in [-0.2, 0) is 17.9 Å². The van der Waals surface area contributed by atoms with Gasteiger partial charge in [0.05, 0.1) is 11.2 Å². The number of amides is 1. The molecule has 2 atom stereocenters. The molecular formula is C28H30FN3O2. The minimum Gasteiger partial charge on any atom is -0.487 e. The molecule has 2 saturated heterocycles. The second kappa shape index (κ2) is 9.94.